The largest absolute Gasteiger partial charge is 0.492 e. The number of morpholine rings is 1. The van der Waals surface area contributed by atoms with Crippen molar-refractivity contribution in [2.24, 2.45) is 10.7 Å². The number of hydrogen-bond acceptors (Lipinski definition) is 4. The molecule has 1 saturated heterocycles. The lowest BCUT2D eigenvalue weighted by atomic mass is 10.2. The molecule has 2 rings (SSSR count). The first-order valence-electron chi connectivity index (χ1n) is 8.80. The highest BCUT2D eigenvalue weighted by molar-refractivity contribution is 5.78. The molecule has 1 fully saturated rings. The molecule has 2 N–H and O–H groups in total. The molecule has 0 amide bonds. The molecule has 1 aliphatic rings. The minimum atomic E-state index is 0.532. The number of rotatable bonds is 8. The lowest BCUT2D eigenvalue weighted by molar-refractivity contribution is 0.0674. The second-order valence-electron chi connectivity index (χ2n) is 5.76. The van der Waals surface area contributed by atoms with Gasteiger partial charge >= 0.3 is 0 Å². The van der Waals surface area contributed by atoms with E-state index in [2.05, 4.69) is 28.6 Å². The summed E-state index contributed by atoms with van der Waals surface area (Å²) in [5.74, 6) is 1.47. The summed E-state index contributed by atoms with van der Waals surface area (Å²) in [6, 6.07) is 8.04. The maximum Gasteiger partial charge on any atom is 0.191 e. The topological polar surface area (TPSA) is 63.3 Å². The third-order valence-corrected chi connectivity index (χ3v) is 4.28. The van der Waals surface area contributed by atoms with Crippen LogP contribution in [0.4, 0.5) is 0 Å². The van der Waals surface area contributed by atoms with Gasteiger partial charge in [0.05, 0.1) is 19.8 Å². The summed E-state index contributed by atoms with van der Waals surface area (Å²) >= 11 is 0. The van der Waals surface area contributed by atoms with E-state index in [0.717, 1.165) is 44.0 Å². The Kier molecular flexibility index (Phi) is 7.85. The molecule has 0 atom stereocenters. The van der Waals surface area contributed by atoms with Gasteiger partial charge in [-0.05, 0) is 19.2 Å². The van der Waals surface area contributed by atoms with Gasteiger partial charge in [-0.3, -0.25) is 0 Å². The van der Waals surface area contributed by atoms with Crippen molar-refractivity contribution in [2.75, 3.05) is 52.5 Å². The van der Waals surface area contributed by atoms with Crippen molar-refractivity contribution in [3.05, 3.63) is 29.8 Å². The van der Waals surface area contributed by atoms with E-state index in [1.54, 1.807) is 0 Å². The molecule has 6 nitrogen and oxygen atoms in total. The smallest absolute Gasteiger partial charge is 0.191 e. The Bertz CT molecular complexity index is 511. The third kappa shape index (κ3) is 5.69. The predicted molar refractivity (Wildman–Crippen MR) is 97.4 cm³/mol. The highest BCUT2D eigenvalue weighted by Crippen LogP contribution is 2.19. The molecule has 0 aliphatic carbocycles. The first-order valence-corrected chi connectivity index (χ1v) is 8.80. The summed E-state index contributed by atoms with van der Waals surface area (Å²) in [5.41, 5.74) is 7.16. The molecule has 0 unspecified atom stereocenters. The molecule has 0 radical (unpaired) electrons. The molecular formula is C18H30N4O2. The highest BCUT2D eigenvalue weighted by atomic mass is 16.5. The second kappa shape index (κ2) is 10.2. The molecule has 0 bridgehead atoms. The zero-order chi connectivity index (χ0) is 17.2. The van der Waals surface area contributed by atoms with Crippen LogP contribution in [0.5, 0.6) is 5.75 Å². The number of nitrogens with two attached hydrogens (primary N) is 1. The first-order chi connectivity index (χ1) is 11.7. The van der Waals surface area contributed by atoms with E-state index >= 15 is 0 Å². The monoisotopic (exact) mass is 334 g/mol. The van der Waals surface area contributed by atoms with Crippen molar-refractivity contribution in [1.29, 1.82) is 0 Å². The summed E-state index contributed by atoms with van der Waals surface area (Å²) in [7, 11) is 0. The van der Waals surface area contributed by atoms with Crippen LogP contribution in [0.2, 0.25) is 0 Å². The number of likely N-dealkylation sites (N-methyl/N-ethyl adjacent to an activating group) is 1. The van der Waals surface area contributed by atoms with Gasteiger partial charge in [0.15, 0.2) is 5.96 Å². The fourth-order valence-corrected chi connectivity index (χ4v) is 2.66. The van der Waals surface area contributed by atoms with E-state index in [0.29, 0.717) is 32.3 Å². The Morgan fingerprint density at radius 3 is 2.67 bits per heavy atom. The van der Waals surface area contributed by atoms with Crippen molar-refractivity contribution in [3.8, 4) is 5.75 Å². The van der Waals surface area contributed by atoms with Crippen LogP contribution in [0.15, 0.2) is 29.3 Å². The van der Waals surface area contributed by atoms with Crippen LogP contribution in [0.3, 0.4) is 0 Å². The van der Waals surface area contributed by atoms with Gasteiger partial charge in [-0.25, -0.2) is 4.99 Å². The van der Waals surface area contributed by atoms with E-state index in [9.17, 15) is 0 Å². The molecule has 24 heavy (non-hydrogen) atoms. The number of aliphatic imine (C=N–C) groups is 1. The van der Waals surface area contributed by atoms with Crippen LogP contribution in [-0.2, 0) is 11.3 Å². The van der Waals surface area contributed by atoms with Gasteiger partial charge in [0.1, 0.15) is 12.4 Å². The summed E-state index contributed by atoms with van der Waals surface area (Å²) in [4.78, 5) is 8.94. The van der Waals surface area contributed by atoms with Crippen molar-refractivity contribution in [3.63, 3.8) is 0 Å². The molecule has 0 spiro atoms. The standard InChI is InChI=1S/C18H30N4O2/c1-3-21(4-2)9-14-24-17-8-6-5-7-16(17)15-20-18(19)22-10-12-23-13-11-22/h5-8H,3-4,9-15H2,1-2H3,(H2,19,20). The van der Waals surface area contributed by atoms with Crippen molar-refractivity contribution in [2.45, 2.75) is 20.4 Å². The minimum absolute atomic E-state index is 0.532. The Balaban J connectivity index is 1.90. The van der Waals surface area contributed by atoms with Gasteiger partial charge in [0.2, 0.25) is 0 Å². The molecule has 1 heterocycles. The van der Waals surface area contributed by atoms with E-state index in [1.165, 1.54) is 0 Å². The highest BCUT2D eigenvalue weighted by Gasteiger charge is 2.12. The Morgan fingerprint density at radius 2 is 1.96 bits per heavy atom. The van der Waals surface area contributed by atoms with E-state index in [1.807, 2.05) is 24.3 Å². The number of benzene rings is 1. The summed E-state index contributed by atoms with van der Waals surface area (Å²) in [5, 5.41) is 0. The maximum absolute atomic E-state index is 6.10. The van der Waals surface area contributed by atoms with Gasteiger partial charge < -0.3 is 25.0 Å². The van der Waals surface area contributed by atoms with E-state index in [-0.39, 0.29) is 0 Å². The Labute approximate surface area is 145 Å². The van der Waals surface area contributed by atoms with E-state index < -0.39 is 0 Å². The quantitative estimate of drug-likeness (QED) is 0.577. The Hall–Kier alpha value is -1.79. The van der Waals surface area contributed by atoms with Gasteiger partial charge in [-0.1, -0.05) is 32.0 Å². The predicted octanol–water partition coefficient (Wildman–Crippen LogP) is 1.55. The minimum Gasteiger partial charge on any atom is -0.492 e. The average Bonchev–Trinajstić information content (AvgIpc) is 2.65. The third-order valence-electron chi connectivity index (χ3n) is 4.28. The van der Waals surface area contributed by atoms with Gasteiger partial charge in [0, 0.05) is 25.2 Å². The first kappa shape index (κ1) is 18.5. The van der Waals surface area contributed by atoms with Crippen LogP contribution in [0.25, 0.3) is 0 Å². The molecule has 0 saturated carbocycles. The van der Waals surface area contributed by atoms with Crippen LogP contribution in [-0.4, -0.2) is 68.3 Å². The normalized spacial score (nSPS) is 15.8. The zero-order valence-corrected chi connectivity index (χ0v) is 14.9. The SMILES string of the molecule is CCN(CC)CCOc1ccccc1CN=C(N)N1CCOCC1. The number of guanidine groups is 1. The fourth-order valence-electron chi connectivity index (χ4n) is 2.66. The van der Waals surface area contributed by atoms with Crippen LogP contribution < -0.4 is 10.5 Å². The van der Waals surface area contributed by atoms with Gasteiger partial charge in [0.25, 0.3) is 0 Å². The fraction of sp³-hybridized carbons (Fsp3) is 0.611. The summed E-state index contributed by atoms with van der Waals surface area (Å²) in [6.07, 6.45) is 0. The van der Waals surface area contributed by atoms with Crippen LogP contribution >= 0.6 is 0 Å². The number of hydrogen-bond donors (Lipinski definition) is 1. The molecule has 6 heteroatoms. The van der Waals surface area contributed by atoms with Crippen molar-refractivity contribution < 1.29 is 9.47 Å². The molecule has 1 aromatic rings. The van der Waals surface area contributed by atoms with E-state index in [4.69, 9.17) is 15.2 Å². The summed E-state index contributed by atoms with van der Waals surface area (Å²) in [6.45, 7) is 11.6. The lowest BCUT2D eigenvalue weighted by Crippen LogP contribution is -2.44. The zero-order valence-electron chi connectivity index (χ0n) is 14.9. The van der Waals surface area contributed by atoms with Crippen LogP contribution in [0, 0.1) is 0 Å². The maximum atomic E-state index is 6.10. The Morgan fingerprint density at radius 1 is 1.25 bits per heavy atom. The number of nitrogens with zero attached hydrogens (tertiary/aromatic N) is 3. The molecule has 0 aromatic heterocycles. The summed E-state index contributed by atoms with van der Waals surface area (Å²) < 4.78 is 11.3. The average molecular weight is 334 g/mol. The molecular weight excluding hydrogens is 304 g/mol. The van der Waals surface area contributed by atoms with Crippen molar-refractivity contribution >= 4 is 5.96 Å². The molecule has 134 valence electrons. The van der Waals surface area contributed by atoms with Gasteiger partial charge in [-0.15, -0.1) is 0 Å². The molecule has 1 aromatic carbocycles. The molecule has 1 aliphatic heterocycles. The number of para-hydroxylation sites is 1. The number of ether oxygens (including phenoxy) is 2. The van der Waals surface area contributed by atoms with Gasteiger partial charge in [-0.2, -0.15) is 0 Å². The lowest BCUT2D eigenvalue weighted by Gasteiger charge is -2.27. The van der Waals surface area contributed by atoms with Crippen molar-refractivity contribution in [1.82, 2.24) is 9.80 Å². The van der Waals surface area contributed by atoms with Crippen LogP contribution in [0.1, 0.15) is 19.4 Å². The second-order valence-corrected chi connectivity index (χ2v) is 5.76.